The number of nitrogens with two attached hydrogens (primary N) is 1. The molecule has 11 nitrogen and oxygen atoms in total. The van der Waals surface area contributed by atoms with Gasteiger partial charge in [-0.2, -0.15) is 0 Å². The summed E-state index contributed by atoms with van der Waals surface area (Å²) in [6.07, 6.45) is 0.159. The molecule has 11 heteroatoms. The van der Waals surface area contributed by atoms with Crippen LogP contribution in [0.25, 0.3) is 0 Å². The Kier molecular flexibility index (Phi) is 8.50. The zero-order valence-corrected chi connectivity index (χ0v) is 16.8. The molecule has 31 heavy (non-hydrogen) atoms. The first-order chi connectivity index (χ1) is 14.7. The van der Waals surface area contributed by atoms with Crippen molar-refractivity contribution in [3.63, 3.8) is 0 Å². The van der Waals surface area contributed by atoms with Gasteiger partial charge in [0.1, 0.15) is 18.1 Å². The van der Waals surface area contributed by atoms with Gasteiger partial charge in [-0.1, -0.05) is 30.3 Å². The molecule has 168 valence electrons. The molecule has 3 unspecified atom stereocenters. The number of carbonyl (C=O) groups excluding carboxylic acids is 3. The lowest BCUT2D eigenvalue weighted by Crippen LogP contribution is -2.56. The van der Waals surface area contributed by atoms with Crippen molar-refractivity contribution in [3.8, 4) is 0 Å². The predicted molar refractivity (Wildman–Crippen MR) is 108 cm³/mol. The number of hydrogen-bond donors (Lipinski definition) is 5. The maximum absolute atomic E-state index is 12.7. The molecule has 1 heterocycles. The van der Waals surface area contributed by atoms with Crippen molar-refractivity contribution in [1.82, 2.24) is 15.5 Å². The van der Waals surface area contributed by atoms with Crippen LogP contribution in [0.4, 0.5) is 0 Å². The smallest absolute Gasteiger partial charge is 0.326 e. The molecule has 1 aliphatic heterocycles. The first-order valence-corrected chi connectivity index (χ1v) is 9.81. The second-order valence-electron chi connectivity index (χ2n) is 7.20. The summed E-state index contributed by atoms with van der Waals surface area (Å²) in [5, 5.41) is 23.2. The molecule has 0 spiro atoms. The Hall–Kier alpha value is -3.47. The van der Waals surface area contributed by atoms with Gasteiger partial charge in [-0.3, -0.25) is 19.2 Å². The van der Waals surface area contributed by atoms with E-state index in [1.54, 1.807) is 30.3 Å². The quantitative estimate of drug-likeness (QED) is 0.302. The van der Waals surface area contributed by atoms with E-state index in [4.69, 9.17) is 10.8 Å². The molecule has 1 aromatic rings. The second-order valence-corrected chi connectivity index (χ2v) is 7.20. The molecule has 3 amide bonds. The Labute approximate surface area is 178 Å². The summed E-state index contributed by atoms with van der Waals surface area (Å²) in [5.74, 6) is -4.69. The van der Waals surface area contributed by atoms with Crippen LogP contribution < -0.4 is 16.4 Å². The third kappa shape index (κ3) is 6.78. The predicted octanol–water partition coefficient (Wildman–Crippen LogP) is -1.29. The molecule has 1 saturated heterocycles. The summed E-state index contributed by atoms with van der Waals surface area (Å²) in [4.78, 5) is 61.3. The van der Waals surface area contributed by atoms with Crippen LogP contribution in [0.3, 0.4) is 0 Å². The van der Waals surface area contributed by atoms with Gasteiger partial charge < -0.3 is 31.5 Å². The van der Waals surface area contributed by atoms with Crippen molar-refractivity contribution < 1.29 is 34.2 Å². The van der Waals surface area contributed by atoms with Crippen LogP contribution in [0.15, 0.2) is 30.3 Å². The third-order valence-electron chi connectivity index (χ3n) is 4.96. The number of likely N-dealkylation sites (tertiary alicyclic amines) is 1. The van der Waals surface area contributed by atoms with Crippen molar-refractivity contribution in [2.45, 2.75) is 43.8 Å². The maximum atomic E-state index is 12.7. The number of benzene rings is 1. The lowest BCUT2D eigenvalue weighted by molar-refractivity contribution is -0.144. The van der Waals surface area contributed by atoms with Crippen LogP contribution in [-0.4, -0.2) is 76.0 Å². The molecule has 0 bridgehead atoms. The molecular formula is C20H26N4O7. The Balaban J connectivity index is 2.10. The zero-order valence-electron chi connectivity index (χ0n) is 16.8. The van der Waals surface area contributed by atoms with E-state index < -0.39 is 54.2 Å². The first-order valence-electron chi connectivity index (χ1n) is 9.81. The number of hydrogen-bond acceptors (Lipinski definition) is 6. The Morgan fingerprint density at radius 1 is 1.06 bits per heavy atom. The molecular weight excluding hydrogens is 408 g/mol. The minimum Gasteiger partial charge on any atom is -0.481 e. The van der Waals surface area contributed by atoms with Gasteiger partial charge in [0.15, 0.2) is 0 Å². The van der Waals surface area contributed by atoms with Gasteiger partial charge in [0.25, 0.3) is 0 Å². The van der Waals surface area contributed by atoms with Crippen LogP contribution in [0.2, 0.25) is 0 Å². The Morgan fingerprint density at radius 3 is 2.32 bits per heavy atom. The van der Waals surface area contributed by atoms with Crippen LogP contribution in [0, 0.1) is 0 Å². The van der Waals surface area contributed by atoms with Crippen LogP contribution in [0.1, 0.15) is 24.8 Å². The number of carboxylic acids is 2. The van der Waals surface area contributed by atoms with E-state index in [1.165, 1.54) is 4.90 Å². The maximum Gasteiger partial charge on any atom is 0.326 e. The topological polar surface area (TPSA) is 179 Å². The average molecular weight is 434 g/mol. The second kappa shape index (κ2) is 11.1. The number of carbonyl (C=O) groups is 5. The Morgan fingerprint density at radius 2 is 1.74 bits per heavy atom. The summed E-state index contributed by atoms with van der Waals surface area (Å²) in [7, 11) is 0. The molecule has 0 saturated carbocycles. The van der Waals surface area contributed by atoms with E-state index in [2.05, 4.69) is 10.6 Å². The first kappa shape index (κ1) is 23.8. The number of rotatable bonds is 10. The standard InChI is InChI=1S/C20H26N4O7/c21-11-16(25)24-8-4-7-15(24)19(29)22-13(10-17(26)27)18(28)23-14(20(30)31)9-12-5-2-1-3-6-12/h1-3,5-6,13-15H,4,7-11,21H2,(H,22,29)(H,23,28)(H,26,27)(H,30,31). The largest absolute Gasteiger partial charge is 0.481 e. The highest BCUT2D eigenvalue weighted by Gasteiger charge is 2.36. The third-order valence-corrected chi connectivity index (χ3v) is 4.96. The highest BCUT2D eigenvalue weighted by atomic mass is 16.4. The fourth-order valence-corrected chi connectivity index (χ4v) is 3.43. The van der Waals surface area contributed by atoms with Crippen LogP contribution in [0.5, 0.6) is 0 Å². The van der Waals surface area contributed by atoms with Crippen molar-refractivity contribution >= 4 is 29.7 Å². The lowest BCUT2D eigenvalue weighted by atomic mass is 10.0. The average Bonchev–Trinajstić information content (AvgIpc) is 3.22. The van der Waals surface area contributed by atoms with E-state index in [-0.39, 0.29) is 13.0 Å². The summed E-state index contributed by atoms with van der Waals surface area (Å²) < 4.78 is 0. The lowest BCUT2D eigenvalue weighted by Gasteiger charge is -2.26. The number of amides is 3. The number of nitrogens with zero attached hydrogens (tertiary/aromatic N) is 1. The number of carboxylic acid groups (broad SMARTS) is 2. The highest BCUT2D eigenvalue weighted by molar-refractivity contribution is 5.95. The SMILES string of the molecule is NCC(=O)N1CCCC1C(=O)NC(CC(=O)O)C(=O)NC(Cc1ccccc1)C(=O)O. The number of aliphatic carboxylic acids is 2. The van der Waals surface area contributed by atoms with Crippen molar-refractivity contribution in [2.75, 3.05) is 13.1 Å². The van der Waals surface area contributed by atoms with Crippen molar-refractivity contribution in [1.29, 1.82) is 0 Å². The Bertz CT molecular complexity index is 830. The minimum absolute atomic E-state index is 0.0168. The number of nitrogens with one attached hydrogen (secondary N) is 2. The van der Waals surface area contributed by atoms with E-state index in [1.807, 2.05) is 0 Å². The van der Waals surface area contributed by atoms with Gasteiger partial charge in [0, 0.05) is 13.0 Å². The zero-order chi connectivity index (χ0) is 23.0. The monoisotopic (exact) mass is 434 g/mol. The molecule has 1 aliphatic rings. The van der Waals surface area contributed by atoms with Crippen LogP contribution in [-0.2, 0) is 30.4 Å². The van der Waals surface area contributed by atoms with Gasteiger partial charge in [-0.25, -0.2) is 4.79 Å². The molecule has 2 rings (SSSR count). The summed E-state index contributed by atoms with van der Waals surface area (Å²) in [6, 6.07) is 4.92. The molecule has 0 aliphatic carbocycles. The molecule has 1 fully saturated rings. The minimum atomic E-state index is -1.50. The van der Waals surface area contributed by atoms with Crippen molar-refractivity contribution in [2.24, 2.45) is 5.73 Å². The highest BCUT2D eigenvalue weighted by Crippen LogP contribution is 2.17. The van der Waals surface area contributed by atoms with Gasteiger partial charge in [-0.15, -0.1) is 0 Å². The van der Waals surface area contributed by atoms with E-state index in [0.29, 0.717) is 24.9 Å². The van der Waals surface area contributed by atoms with Crippen molar-refractivity contribution in [3.05, 3.63) is 35.9 Å². The molecule has 0 aromatic heterocycles. The van der Waals surface area contributed by atoms with E-state index in [0.717, 1.165) is 0 Å². The molecule has 1 aromatic carbocycles. The normalized spacial score (nSPS) is 17.5. The van der Waals surface area contributed by atoms with E-state index >= 15 is 0 Å². The molecule has 3 atom stereocenters. The van der Waals surface area contributed by atoms with Gasteiger partial charge >= 0.3 is 11.9 Å². The molecule has 6 N–H and O–H groups in total. The van der Waals surface area contributed by atoms with Crippen LogP contribution >= 0.6 is 0 Å². The fraction of sp³-hybridized carbons (Fsp3) is 0.450. The van der Waals surface area contributed by atoms with Gasteiger partial charge in [0.05, 0.1) is 13.0 Å². The fourth-order valence-electron chi connectivity index (χ4n) is 3.43. The summed E-state index contributed by atoms with van der Waals surface area (Å²) in [6.45, 7) is 0.0602. The van der Waals surface area contributed by atoms with Gasteiger partial charge in [0.2, 0.25) is 17.7 Å². The van der Waals surface area contributed by atoms with E-state index in [9.17, 15) is 29.1 Å². The summed E-state index contributed by atoms with van der Waals surface area (Å²) >= 11 is 0. The molecule has 0 radical (unpaired) electrons. The summed E-state index contributed by atoms with van der Waals surface area (Å²) in [5.41, 5.74) is 6.02. The van der Waals surface area contributed by atoms with Gasteiger partial charge in [-0.05, 0) is 18.4 Å².